The summed E-state index contributed by atoms with van der Waals surface area (Å²) in [7, 11) is 0. The fourth-order valence-electron chi connectivity index (χ4n) is 1.31. The smallest absolute Gasteiger partial charge is 0.120 e. The maximum atomic E-state index is 10.1. The van der Waals surface area contributed by atoms with Crippen LogP contribution in [0.15, 0.2) is 6.20 Å². The molecule has 13 heavy (non-hydrogen) atoms. The molecule has 0 aromatic carbocycles. The number of nitrogens with zero attached hydrogens (tertiary/aromatic N) is 3. The van der Waals surface area contributed by atoms with Gasteiger partial charge in [-0.05, 0) is 25.2 Å². The molecule has 1 fully saturated rings. The van der Waals surface area contributed by atoms with E-state index in [0.717, 1.165) is 24.4 Å². The van der Waals surface area contributed by atoms with Gasteiger partial charge in [-0.25, -0.2) is 0 Å². The minimum atomic E-state index is 0.544. The van der Waals surface area contributed by atoms with Crippen LogP contribution >= 0.6 is 0 Å². The first-order chi connectivity index (χ1) is 6.38. The monoisotopic (exact) mass is 179 g/mol. The molecule has 0 aliphatic heterocycles. The molecule has 4 nitrogen and oxygen atoms in total. The van der Waals surface area contributed by atoms with Crippen LogP contribution in [0.2, 0.25) is 0 Å². The summed E-state index contributed by atoms with van der Waals surface area (Å²) in [5, 5.41) is 7.99. The standard InChI is InChI=1S/C9H13N3O/c13-5-1-2-9-7-12(11-10-9)6-8-3-4-8/h5,7-8H,1-4,6H2. The number of carbonyl (C=O) groups is 1. The summed E-state index contributed by atoms with van der Waals surface area (Å²) in [6, 6.07) is 0. The third-order valence-corrected chi connectivity index (χ3v) is 2.25. The number of aryl methyl sites for hydroxylation is 1. The van der Waals surface area contributed by atoms with Gasteiger partial charge in [-0.2, -0.15) is 0 Å². The van der Waals surface area contributed by atoms with Gasteiger partial charge in [-0.1, -0.05) is 5.21 Å². The second-order valence-corrected chi connectivity index (χ2v) is 3.58. The van der Waals surface area contributed by atoms with E-state index in [-0.39, 0.29) is 0 Å². The Labute approximate surface area is 76.9 Å². The number of aldehydes is 1. The summed E-state index contributed by atoms with van der Waals surface area (Å²) in [5.74, 6) is 0.820. The zero-order valence-corrected chi connectivity index (χ0v) is 7.52. The van der Waals surface area contributed by atoms with Gasteiger partial charge < -0.3 is 4.79 Å². The van der Waals surface area contributed by atoms with Crippen molar-refractivity contribution < 1.29 is 4.79 Å². The maximum Gasteiger partial charge on any atom is 0.120 e. The van der Waals surface area contributed by atoms with Gasteiger partial charge in [0.15, 0.2) is 0 Å². The molecule has 0 radical (unpaired) electrons. The van der Waals surface area contributed by atoms with Crippen molar-refractivity contribution in [1.29, 1.82) is 0 Å². The molecule has 4 heteroatoms. The molecule has 0 saturated heterocycles. The van der Waals surface area contributed by atoms with E-state index in [2.05, 4.69) is 10.3 Å². The van der Waals surface area contributed by atoms with Crippen molar-refractivity contribution in [3.63, 3.8) is 0 Å². The van der Waals surface area contributed by atoms with E-state index in [1.54, 1.807) is 0 Å². The average Bonchev–Trinajstić information content (AvgIpc) is 2.81. The minimum absolute atomic E-state index is 0.544. The lowest BCUT2D eigenvalue weighted by atomic mass is 10.3. The molecule has 0 amide bonds. The van der Waals surface area contributed by atoms with Gasteiger partial charge in [0.2, 0.25) is 0 Å². The highest BCUT2D eigenvalue weighted by atomic mass is 16.1. The van der Waals surface area contributed by atoms with Crippen LogP contribution in [-0.4, -0.2) is 21.3 Å². The van der Waals surface area contributed by atoms with E-state index in [9.17, 15) is 4.79 Å². The fraction of sp³-hybridized carbons (Fsp3) is 0.667. The van der Waals surface area contributed by atoms with E-state index in [1.807, 2.05) is 10.9 Å². The first-order valence-electron chi connectivity index (χ1n) is 4.71. The summed E-state index contributed by atoms with van der Waals surface area (Å²) < 4.78 is 1.89. The molecule has 0 unspecified atom stereocenters. The van der Waals surface area contributed by atoms with Crippen LogP contribution in [0.4, 0.5) is 0 Å². The van der Waals surface area contributed by atoms with Gasteiger partial charge in [0.05, 0.1) is 5.69 Å². The van der Waals surface area contributed by atoms with Crippen molar-refractivity contribution in [2.45, 2.75) is 32.2 Å². The highest BCUT2D eigenvalue weighted by Crippen LogP contribution is 2.30. The Morgan fingerprint density at radius 2 is 2.46 bits per heavy atom. The lowest BCUT2D eigenvalue weighted by molar-refractivity contribution is -0.107. The zero-order chi connectivity index (χ0) is 9.10. The lowest BCUT2D eigenvalue weighted by Gasteiger charge is -1.94. The zero-order valence-electron chi connectivity index (χ0n) is 7.52. The molecule has 1 saturated carbocycles. The second-order valence-electron chi connectivity index (χ2n) is 3.58. The van der Waals surface area contributed by atoms with Gasteiger partial charge in [-0.15, -0.1) is 5.10 Å². The van der Waals surface area contributed by atoms with Crippen LogP contribution in [0, 0.1) is 5.92 Å². The summed E-state index contributed by atoms with van der Waals surface area (Å²) in [4.78, 5) is 10.1. The molecular formula is C9H13N3O. The van der Waals surface area contributed by atoms with Gasteiger partial charge in [0.25, 0.3) is 0 Å². The number of hydrogen-bond donors (Lipinski definition) is 0. The molecule has 1 aliphatic carbocycles. The molecule has 0 N–H and O–H groups in total. The summed E-state index contributed by atoms with van der Waals surface area (Å²) in [6.45, 7) is 0.994. The van der Waals surface area contributed by atoms with E-state index < -0.39 is 0 Å². The first kappa shape index (κ1) is 8.41. The predicted octanol–water partition coefficient (Wildman–Crippen LogP) is 0.820. The van der Waals surface area contributed by atoms with Crippen molar-refractivity contribution in [2.75, 3.05) is 0 Å². The highest BCUT2D eigenvalue weighted by Gasteiger charge is 2.22. The summed E-state index contributed by atoms with van der Waals surface area (Å²) >= 11 is 0. The molecule has 1 heterocycles. The number of rotatable bonds is 5. The highest BCUT2D eigenvalue weighted by molar-refractivity contribution is 5.49. The van der Waals surface area contributed by atoms with Gasteiger partial charge in [0, 0.05) is 19.2 Å². The minimum Gasteiger partial charge on any atom is -0.303 e. The number of carbonyl (C=O) groups excluding carboxylic acids is 1. The number of aromatic nitrogens is 3. The molecule has 1 aliphatic rings. The predicted molar refractivity (Wildman–Crippen MR) is 47.1 cm³/mol. The topological polar surface area (TPSA) is 47.8 Å². The Kier molecular flexibility index (Phi) is 2.38. The Hall–Kier alpha value is -1.19. The Balaban J connectivity index is 1.88. The Bertz CT molecular complexity index is 291. The van der Waals surface area contributed by atoms with Crippen LogP contribution in [0.3, 0.4) is 0 Å². The largest absolute Gasteiger partial charge is 0.303 e. The molecule has 0 bridgehead atoms. The molecule has 1 aromatic rings. The van der Waals surface area contributed by atoms with E-state index in [4.69, 9.17) is 0 Å². The fourth-order valence-corrected chi connectivity index (χ4v) is 1.31. The normalized spacial score (nSPS) is 16.0. The van der Waals surface area contributed by atoms with Crippen molar-refractivity contribution in [2.24, 2.45) is 5.92 Å². The molecule has 0 spiro atoms. The first-order valence-corrected chi connectivity index (χ1v) is 4.71. The van der Waals surface area contributed by atoms with Gasteiger partial charge in [-0.3, -0.25) is 4.68 Å². The van der Waals surface area contributed by atoms with Gasteiger partial charge >= 0.3 is 0 Å². The van der Waals surface area contributed by atoms with Crippen molar-refractivity contribution >= 4 is 6.29 Å². The van der Waals surface area contributed by atoms with E-state index in [0.29, 0.717) is 12.8 Å². The van der Waals surface area contributed by atoms with Crippen molar-refractivity contribution in [3.05, 3.63) is 11.9 Å². The third-order valence-electron chi connectivity index (χ3n) is 2.25. The van der Waals surface area contributed by atoms with E-state index >= 15 is 0 Å². The van der Waals surface area contributed by atoms with Crippen molar-refractivity contribution in [1.82, 2.24) is 15.0 Å². The lowest BCUT2D eigenvalue weighted by Crippen LogP contribution is -1.99. The molecule has 70 valence electrons. The average molecular weight is 179 g/mol. The van der Waals surface area contributed by atoms with Gasteiger partial charge in [0.1, 0.15) is 6.29 Å². The van der Waals surface area contributed by atoms with Crippen LogP contribution < -0.4 is 0 Å². The quantitative estimate of drug-likeness (QED) is 0.629. The molecule has 1 aromatic heterocycles. The summed E-state index contributed by atoms with van der Waals surface area (Å²) in [6.07, 6.45) is 6.77. The SMILES string of the molecule is O=CCCc1cn(CC2CC2)nn1. The van der Waals surface area contributed by atoms with Crippen molar-refractivity contribution in [3.8, 4) is 0 Å². The van der Waals surface area contributed by atoms with Crippen LogP contribution in [0.25, 0.3) is 0 Å². The van der Waals surface area contributed by atoms with Crippen LogP contribution in [-0.2, 0) is 17.8 Å². The van der Waals surface area contributed by atoms with Crippen LogP contribution in [0.1, 0.15) is 25.0 Å². The number of hydrogen-bond acceptors (Lipinski definition) is 3. The second kappa shape index (κ2) is 3.68. The summed E-state index contributed by atoms with van der Waals surface area (Å²) in [5.41, 5.74) is 0.924. The molecular weight excluding hydrogens is 166 g/mol. The molecule has 2 rings (SSSR count). The third kappa shape index (κ3) is 2.37. The molecule has 0 atom stereocenters. The van der Waals surface area contributed by atoms with Crippen LogP contribution in [0.5, 0.6) is 0 Å². The van der Waals surface area contributed by atoms with E-state index in [1.165, 1.54) is 12.8 Å². The maximum absolute atomic E-state index is 10.1. The Morgan fingerprint density at radius 3 is 3.15 bits per heavy atom. The Morgan fingerprint density at radius 1 is 1.62 bits per heavy atom.